The molecule has 0 radical (unpaired) electrons. The SMILES string of the molecule is CC(Cc1cccs1)NC(=O)CCNC(=O)OC(C)(C)C. The highest BCUT2D eigenvalue weighted by atomic mass is 32.1. The zero-order valence-corrected chi connectivity index (χ0v) is 13.9. The molecule has 118 valence electrons. The van der Waals surface area contributed by atoms with Gasteiger partial charge < -0.3 is 15.4 Å². The fourth-order valence-corrected chi connectivity index (χ4v) is 2.56. The molecule has 1 atom stereocenters. The zero-order valence-electron chi connectivity index (χ0n) is 13.1. The maximum absolute atomic E-state index is 11.7. The van der Waals surface area contributed by atoms with Gasteiger partial charge >= 0.3 is 6.09 Å². The second kappa shape index (κ2) is 8.02. The highest BCUT2D eigenvalue weighted by Gasteiger charge is 2.16. The number of thiophene rings is 1. The number of alkyl carbamates (subject to hydrolysis) is 1. The number of ether oxygens (including phenoxy) is 1. The molecule has 0 fully saturated rings. The van der Waals surface area contributed by atoms with E-state index in [1.54, 1.807) is 32.1 Å². The van der Waals surface area contributed by atoms with Gasteiger partial charge in [0.2, 0.25) is 5.91 Å². The molecule has 5 nitrogen and oxygen atoms in total. The standard InChI is InChI=1S/C15H24N2O3S/c1-11(10-12-6-5-9-21-12)17-13(18)7-8-16-14(19)20-15(2,3)4/h5-6,9,11H,7-8,10H2,1-4H3,(H,16,19)(H,17,18). The van der Waals surface area contributed by atoms with Crippen LogP contribution in [0.5, 0.6) is 0 Å². The first-order chi connectivity index (χ1) is 9.76. The maximum atomic E-state index is 11.7. The molecule has 1 heterocycles. The van der Waals surface area contributed by atoms with Gasteiger partial charge in [-0.1, -0.05) is 6.07 Å². The van der Waals surface area contributed by atoms with Gasteiger partial charge in [0.25, 0.3) is 0 Å². The van der Waals surface area contributed by atoms with E-state index in [9.17, 15) is 9.59 Å². The van der Waals surface area contributed by atoms with Gasteiger partial charge in [-0.25, -0.2) is 4.79 Å². The van der Waals surface area contributed by atoms with Crippen LogP contribution in [0.4, 0.5) is 4.79 Å². The topological polar surface area (TPSA) is 67.4 Å². The Kier molecular flexibility index (Phi) is 6.68. The first kappa shape index (κ1) is 17.5. The van der Waals surface area contributed by atoms with E-state index in [-0.39, 0.29) is 24.9 Å². The molecule has 1 aromatic heterocycles. The van der Waals surface area contributed by atoms with Crippen LogP contribution < -0.4 is 10.6 Å². The lowest BCUT2D eigenvalue weighted by Crippen LogP contribution is -2.38. The summed E-state index contributed by atoms with van der Waals surface area (Å²) in [5, 5.41) is 7.51. The van der Waals surface area contributed by atoms with Gasteiger partial charge in [-0.2, -0.15) is 0 Å². The molecule has 0 saturated heterocycles. The van der Waals surface area contributed by atoms with Crippen LogP contribution in [0.15, 0.2) is 17.5 Å². The van der Waals surface area contributed by atoms with Crippen LogP contribution in [0.1, 0.15) is 39.0 Å². The molecule has 1 rings (SSSR count). The summed E-state index contributed by atoms with van der Waals surface area (Å²) in [6.07, 6.45) is 0.568. The smallest absolute Gasteiger partial charge is 0.407 e. The average Bonchev–Trinajstić information content (AvgIpc) is 2.78. The summed E-state index contributed by atoms with van der Waals surface area (Å²) in [7, 11) is 0. The van der Waals surface area contributed by atoms with Gasteiger partial charge in [0, 0.05) is 30.3 Å². The number of nitrogens with one attached hydrogen (secondary N) is 2. The molecule has 0 aromatic carbocycles. The number of amides is 2. The molecule has 0 aliphatic heterocycles. The fraction of sp³-hybridized carbons (Fsp3) is 0.600. The van der Waals surface area contributed by atoms with Crippen molar-refractivity contribution in [1.29, 1.82) is 0 Å². The second-order valence-corrected chi connectivity index (χ2v) is 6.96. The number of hydrogen-bond acceptors (Lipinski definition) is 4. The van der Waals surface area contributed by atoms with E-state index in [1.165, 1.54) is 4.88 Å². The van der Waals surface area contributed by atoms with Crippen molar-refractivity contribution < 1.29 is 14.3 Å². The Morgan fingerprint density at radius 1 is 1.38 bits per heavy atom. The summed E-state index contributed by atoms with van der Waals surface area (Å²) < 4.78 is 5.09. The minimum atomic E-state index is -0.526. The third kappa shape index (κ3) is 8.34. The van der Waals surface area contributed by atoms with Crippen molar-refractivity contribution in [2.45, 2.75) is 52.2 Å². The van der Waals surface area contributed by atoms with Gasteiger partial charge in [-0.3, -0.25) is 4.79 Å². The summed E-state index contributed by atoms with van der Waals surface area (Å²) in [5.74, 6) is -0.0740. The Morgan fingerprint density at radius 2 is 2.10 bits per heavy atom. The summed E-state index contributed by atoms with van der Waals surface area (Å²) in [6.45, 7) is 7.63. The lowest BCUT2D eigenvalue weighted by Gasteiger charge is -2.19. The predicted molar refractivity (Wildman–Crippen MR) is 84.5 cm³/mol. The van der Waals surface area contributed by atoms with Crippen LogP contribution in [-0.4, -0.2) is 30.2 Å². The molecule has 1 aromatic rings. The third-order valence-corrected chi connectivity index (χ3v) is 3.41. The van der Waals surface area contributed by atoms with Crippen LogP contribution in [0, 0.1) is 0 Å². The molecule has 0 spiro atoms. The molecule has 0 bridgehead atoms. The summed E-state index contributed by atoms with van der Waals surface area (Å²) in [4.78, 5) is 24.4. The quantitative estimate of drug-likeness (QED) is 0.848. The first-order valence-corrected chi connectivity index (χ1v) is 7.93. The van der Waals surface area contributed by atoms with E-state index in [0.717, 1.165) is 6.42 Å². The van der Waals surface area contributed by atoms with Crippen molar-refractivity contribution in [3.05, 3.63) is 22.4 Å². The Balaban J connectivity index is 2.17. The molecule has 6 heteroatoms. The van der Waals surface area contributed by atoms with E-state index in [1.807, 2.05) is 18.4 Å². The highest BCUT2D eigenvalue weighted by Crippen LogP contribution is 2.11. The average molecular weight is 312 g/mol. The lowest BCUT2D eigenvalue weighted by molar-refractivity contribution is -0.121. The van der Waals surface area contributed by atoms with Crippen molar-refractivity contribution >= 4 is 23.3 Å². The Labute approximate surface area is 130 Å². The zero-order chi connectivity index (χ0) is 15.9. The second-order valence-electron chi connectivity index (χ2n) is 5.93. The number of hydrogen-bond donors (Lipinski definition) is 2. The molecule has 1 unspecified atom stereocenters. The van der Waals surface area contributed by atoms with Gasteiger partial charge in [0.15, 0.2) is 0 Å². The van der Waals surface area contributed by atoms with E-state index in [4.69, 9.17) is 4.74 Å². The van der Waals surface area contributed by atoms with Gasteiger partial charge in [0.05, 0.1) is 0 Å². The van der Waals surface area contributed by atoms with Crippen LogP contribution in [0.3, 0.4) is 0 Å². The molecule has 0 aliphatic rings. The lowest BCUT2D eigenvalue weighted by atomic mass is 10.2. The van der Waals surface area contributed by atoms with Crippen molar-refractivity contribution in [3.63, 3.8) is 0 Å². The summed E-state index contributed by atoms with van der Waals surface area (Å²) >= 11 is 1.68. The van der Waals surface area contributed by atoms with Crippen LogP contribution in [0.25, 0.3) is 0 Å². The largest absolute Gasteiger partial charge is 0.444 e. The first-order valence-electron chi connectivity index (χ1n) is 7.05. The van der Waals surface area contributed by atoms with Gasteiger partial charge in [-0.05, 0) is 39.1 Å². The maximum Gasteiger partial charge on any atom is 0.407 e. The monoisotopic (exact) mass is 312 g/mol. The minimum absolute atomic E-state index is 0.0740. The van der Waals surface area contributed by atoms with Gasteiger partial charge in [-0.15, -0.1) is 11.3 Å². The fourth-order valence-electron chi connectivity index (χ4n) is 1.72. The molecule has 21 heavy (non-hydrogen) atoms. The van der Waals surface area contributed by atoms with Crippen molar-refractivity contribution in [2.75, 3.05) is 6.54 Å². The van der Waals surface area contributed by atoms with Crippen LogP contribution in [-0.2, 0) is 16.0 Å². The number of carbonyl (C=O) groups excluding carboxylic acids is 2. The highest BCUT2D eigenvalue weighted by molar-refractivity contribution is 7.09. The number of rotatable bonds is 6. The predicted octanol–water partition coefficient (Wildman–Crippen LogP) is 2.71. The summed E-state index contributed by atoms with van der Waals surface area (Å²) in [5.41, 5.74) is -0.526. The van der Waals surface area contributed by atoms with Gasteiger partial charge in [0.1, 0.15) is 5.60 Å². The normalized spacial score (nSPS) is 12.6. The van der Waals surface area contributed by atoms with Crippen molar-refractivity contribution in [2.24, 2.45) is 0 Å². The number of carbonyl (C=O) groups is 2. The van der Waals surface area contributed by atoms with Crippen molar-refractivity contribution in [1.82, 2.24) is 10.6 Å². The molecule has 2 N–H and O–H groups in total. The molecular weight excluding hydrogens is 288 g/mol. The van der Waals surface area contributed by atoms with E-state index >= 15 is 0 Å². The Morgan fingerprint density at radius 3 is 2.67 bits per heavy atom. The van der Waals surface area contributed by atoms with E-state index in [0.29, 0.717) is 0 Å². The van der Waals surface area contributed by atoms with Crippen LogP contribution >= 0.6 is 11.3 Å². The van der Waals surface area contributed by atoms with Crippen molar-refractivity contribution in [3.8, 4) is 0 Å². The molecule has 0 aliphatic carbocycles. The molecular formula is C15H24N2O3S. The third-order valence-electron chi connectivity index (χ3n) is 2.52. The minimum Gasteiger partial charge on any atom is -0.444 e. The van der Waals surface area contributed by atoms with E-state index in [2.05, 4.69) is 16.7 Å². The van der Waals surface area contributed by atoms with E-state index < -0.39 is 11.7 Å². The Bertz CT molecular complexity index is 452. The molecule has 2 amide bonds. The Hall–Kier alpha value is -1.56. The molecule has 0 saturated carbocycles. The summed E-state index contributed by atoms with van der Waals surface area (Å²) in [6, 6.07) is 4.13. The van der Waals surface area contributed by atoms with Crippen LogP contribution in [0.2, 0.25) is 0 Å².